The van der Waals surface area contributed by atoms with Crippen molar-refractivity contribution in [3.8, 4) is 0 Å². The molecule has 2 unspecified atom stereocenters. The first-order chi connectivity index (χ1) is 9.86. The van der Waals surface area contributed by atoms with Crippen LogP contribution in [0.3, 0.4) is 0 Å². The van der Waals surface area contributed by atoms with Crippen molar-refractivity contribution in [3.05, 3.63) is 0 Å². The maximum atomic E-state index is 12.7. The predicted octanol–water partition coefficient (Wildman–Crippen LogP) is 0.679. The zero-order valence-corrected chi connectivity index (χ0v) is 15.3. The van der Waals surface area contributed by atoms with Crippen molar-refractivity contribution in [1.29, 1.82) is 0 Å². The lowest BCUT2D eigenvalue weighted by Crippen LogP contribution is -2.59. The normalized spacial score (nSPS) is 28.2. The number of rotatable bonds is 3. The van der Waals surface area contributed by atoms with Crippen LogP contribution in [0, 0.1) is 5.92 Å². The molecular formula is C14H28ClN3O3S. The van der Waals surface area contributed by atoms with Crippen molar-refractivity contribution in [1.82, 2.24) is 14.5 Å². The second-order valence-corrected chi connectivity index (χ2v) is 8.35. The van der Waals surface area contributed by atoms with E-state index in [4.69, 9.17) is 0 Å². The minimum atomic E-state index is -3.12. The van der Waals surface area contributed by atoms with E-state index in [0.717, 1.165) is 13.1 Å². The van der Waals surface area contributed by atoms with Crippen molar-refractivity contribution in [3.63, 3.8) is 0 Å². The Morgan fingerprint density at radius 3 is 2.32 bits per heavy atom. The molecule has 2 aliphatic rings. The molecule has 2 aliphatic heterocycles. The summed E-state index contributed by atoms with van der Waals surface area (Å²) in [7, 11) is -3.12. The van der Waals surface area contributed by atoms with E-state index in [1.807, 2.05) is 4.90 Å². The number of amides is 1. The number of halogens is 1. The van der Waals surface area contributed by atoms with Gasteiger partial charge in [-0.25, -0.2) is 12.7 Å². The molecule has 2 heterocycles. The van der Waals surface area contributed by atoms with Gasteiger partial charge in [-0.2, -0.15) is 0 Å². The molecule has 0 aromatic rings. The van der Waals surface area contributed by atoms with Crippen LogP contribution >= 0.6 is 12.4 Å². The fraction of sp³-hybridized carbons (Fsp3) is 0.929. The Balaban J connectivity index is 0.00000242. The van der Waals surface area contributed by atoms with Gasteiger partial charge < -0.3 is 10.2 Å². The number of piperazine rings is 1. The van der Waals surface area contributed by atoms with E-state index in [9.17, 15) is 13.2 Å². The lowest BCUT2D eigenvalue weighted by Gasteiger charge is -2.41. The second-order valence-electron chi connectivity index (χ2n) is 6.09. The number of carbonyl (C=O) groups excluding carboxylic acids is 1. The fourth-order valence-corrected chi connectivity index (χ4v) is 4.30. The molecule has 2 fully saturated rings. The molecular weight excluding hydrogens is 326 g/mol. The molecule has 0 bridgehead atoms. The summed E-state index contributed by atoms with van der Waals surface area (Å²) in [5, 5.41) is 3.37. The Morgan fingerprint density at radius 2 is 1.77 bits per heavy atom. The third-order valence-electron chi connectivity index (χ3n) is 4.88. The van der Waals surface area contributed by atoms with Crippen LogP contribution in [-0.4, -0.2) is 67.5 Å². The average molecular weight is 354 g/mol. The zero-order chi connectivity index (χ0) is 15.6. The molecule has 130 valence electrons. The molecule has 6 nitrogen and oxygen atoms in total. The molecule has 2 rings (SSSR count). The topological polar surface area (TPSA) is 69.7 Å². The van der Waals surface area contributed by atoms with Gasteiger partial charge in [0, 0.05) is 44.2 Å². The van der Waals surface area contributed by atoms with E-state index in [2.05, 4.69) is 19.2 Å². The largest absolute Gasteiger partial charge is 0.337 e. The number of nitrogens with one attached hydrogen (secondary N) is 1. The number of hydrogen-bond donors (Lipinski definition) is 1. The average Bonchev–Trinajstić information content (AvgIpc) is 2.49. The maximum absolute atomic E-state index is 12.7. The summed E-state index contributed by atoms with van der Waals surface area (Å²) in [6, 6.07) is 0.506. The Morgan fingerprint density at radius 1 is 1.18 bits per heavy atom. The fourth-order valence-electron chi connectivity index (χ4n) is 3.17. The van der Waals surface area contributed by atoms with Gasteiger partial charge in [-0.3, -0.25) is 4.79 Å². The maximum Gasteiger partial charge on any atom is 0.226 e. The molecule has 0 aromatic heterocycles. The summed E-state index contributed by atoms with van der Waals surface area (Å²) in [6.45, 7) is 8.37. The monoisotopic (exact) mass is 353 g/mol. The predicted molar refractivity (Wildman–Crippen MR) is 89.6 cm³/mol. The molecule has 1 amide bonds. The van der Waals surface area contributed by atoms with E-state index in [1.165, 1.54) is 4.31 Å². The Hall–Kier alpha value is -0.370. The first kappa shape index (κ1) is 19.7. The molecule has 2 saturated heterocycles. The van der Waals surface area contributed by atoms with Gasteiger partial charge in [0.25, 0.3) is 0 Å². The van der Waals surface area contributed by atoms with E-state index < -0.39 is 10.0 Å². The quantitative estimate of drug-likeness (QED) is 0.810. The molecule has 22 heavy (non-hydrogen) atoms. The van der Waals surface area contributed by atoms with E-state index in [1.54, 1.807) is 6.92 Å². The smallest absolute Gasteiger partial charge is 0.226 e. The van der Waals surface area contributed by atoms with Crippen LogP contribution in [0.4, 0.5) is 0 Å². The molecule has 0 aliphatic carbocycles. The van der Waals surface area contributed by atoms with Gasteiger partial charge in [-0.05, 0) is 33.6 Å². The first-order valence-corrected chi connectivity index (χ1v) is 9.49. The van der Waals surface area contributed by atoms with Gasteiger partial charge in [-0.1, -0.05) is 0 Å². The van der Waals surface area contributed by atoms with Gasteiger partial charge in [0.1, 0.15) is 0 Å². The van der Waals surface area contributed by atoms with Crippen LogP contribution in [0.5, 0.6) is 0 Å². The molecule has 1 N–H and O–H groups in total. The molecule has 0 aromatic carbocycles. The number of piperidine rings is 1. The minimum absolute atomic E-state index is 0. The van der Waals surface area contributed by atoms with Crippen molar-refractivity contribution in [2.45, 2.75) is 45.7 Å². The van der Waals surface area contributed by atoms with Gasteiger partial charge in [0.2, 0.25) is 15.9 Å². The lowest BCUT2D eigenvalue weighted by molar-refractivity contribution is -0.140. The summed E-state index contributed by atoms with van der Waals surface area (Å²) in [5.74, 6) is 0.309. The SMILES string of the molecule is CCS(=O)(=O)N1CCC(C(=O)N2CCNC(C)C2C)CC1.Cl. The molecule has 8 heteroatoms. The highest BCUT2D eigenvalue weighted by atomic mass is 35.5. The number of hydrogen-bond acceptors (Lipinski definition) is 4. The van der Waals surface area contributed by atoms with Crippen LogP contribution in [0.2, 0.25) is 0 Å². The van der Waals surface area contributed by atoms with E-state index in [-0.39, 0.29) is 36.0 Å². The van der Waals surface area contributed by atoms with Crippen LogP contribution in [0.25, 0.3) is 0 Å². The number of sulfonamides is 1. The third-order valence-corrected chi connectivity index (χ3v) is 6.76. The van der Waals surface area contributed by atoms with E-state index in [0.29, 0.717) is 32.0 Å². The Labute approximate surface area is 140 Å². The first-order valence-electron chi connectivity index (χ1n) is 7.88. The summed E-state index contributed by atoms with van der Waals surface area (Å²) in [6.07, 6.45) is 1.28. The van der Waals surface area contributed by atoms with E-state index >= 15 is 0 Å². The van der Waals surface area contributed by atoms with Crippen LogP contribution in [-0.2, 0) is 14.8 Å². The van der Waals surface area contributed by atoms with Crippen molar-refractivity contribution in [2.24, 2.45) is 5.92 Å². The van der Waals surface area contributed by atoms with Crippen LogP contribution in [0.1, 0.15) is 33.6 Å². The Kier molecular flexibility index (Phi) is 7.11. The highest BCUT2D eigenvalue weighted by molar-refractivity contribution is 7.89. The van der Waals surface area contributed by atoms with Gasteiger partial charge in [0.05, 0.1) is 5.75 Å². The molecule has 2 atom stereocenters. The molecule has 0 saturated carbocycles. The van der Waals surface area contributed by atoms with Crippen molar-refractivity contribution >= 4 is 28.3 Å². The van der Waals surface area contributed by atoms with Crippen LogP contribution in [0.15, 0.2) is 0 Å². The van der Waals surface area contributed by atoms with Gasteiger partial charge in [0.15, 0.2) is 0 Å². The zero-order valence-electron chi connectivity index (χ0n) is 13.6. The second kappa shape index (κ2) is 7.95. The summed E-state index contributed by atoms with van der Waals surface area (Å²) < 4.78 is 25.2. The third kappa shape index (κ3) is 4.13. The standard InChI is InChI=1S/C14H27N3O3S.ClH/c1-4-21(19,20)16-8-5-13(6-9-16)14(18)17-10-7-15-11(2)12(17)3;/h11-13,15H,4-10H2,1-3H3;1H. The van der Waals surface area contributed by atoms with Crippen molar-refractivity contribution < 1.29 is 13.2 Å². The van der Waals surface area contributed by atoms with Crippen LogP contribution < -0.4 is 5.32 Å². The highest BCUT2D eigenvalue weighted by Gasteiger charge is 2.35. The highest BCUT2D eigenvalue weighted by Crippen LogP contribution is 2.24. The molecule has 0 spiro atoms. The minimum Gasteiger partial charge on any atom is -0.337 e. The molecule has 0 radical (unpaired) electrons. The number of carbonyl (C=O) groups is 1. The van der Waals surface area contributed by atoms with Gasteiger partial charge >= 0.3 is 0 Å². The lowest BCUT2D eigenvalue weighted by atomic mass is 9.94. The summed E-state index contributed by atoms with van der Waals surface area (Å²) in [4.78, 5) is 14.6. The Bertz CT molecular complexity index is 478. The summed E-state index contributed by atoms with van der Waals surface area (Å²) >= 11 is 0. The summed E-state index contributed by atoms with van der Waals surface area (Å²) in [5.41, 5.74) is 0. The van der Waals surface area contributed by atoms with Crippen molar-refractivity contribution in [2.75, 3.05) is 31.9 Å². The number of nitrogens with zero attached hydrogens (tertiary/aromatic N) is 2. The van der Waals surface area contributed by atoms with Gasteiger partial charge in [-0.15, -0.1) is 12.4 Å².